The molecule has 0 aliphatic carbocycles. The highest BCUT2D eigenvalue weighted by atomic mass is 16.5. The fourth-order valence-electron chi connectivity index (χ4n) is 2.03. The third-order valence-electron chi connectivity index (χ3n) is 3.28. The highest BCUT2D eigenvalue weighted by Crippen LogP contribution is 2.33. The van der Waals surface area contributed by atoms with E-state index >= 15 is 0 Å². The van der Waals surface area contributed by atoms with Crippen LogP contribution in [0.1, 0.15) is 31.9 Å². The third kappa shape index (κ3) is 2.96. The van der Waals surface area contributed by atoms with Crippen LogP contribution in [0.25, 0.3) is 10.8 Å². The summed E-state index contributed by atoms with van der Waals surface area (Å²) < 4.78 is 5.90. The summed E-state index contributed by atoms with van der Waals surface area (Å²) in [7, 11) is 0. The Kier molecular flexibility index (Phi) is 4.23. The van der Waals surface area contributed by atoms with Crippen LogP contribution in [0.15, 0.2) is 48.6 Å². The normalized spacial score (nSPS) is 12.4. The van der Waals surface area contributed by atoms with Gasteiger partial charge in [-0.15, -0.1) is 0 Å². The predicted octanol–water partition coefficient (Wildman–Crippen LogP) is 4.24. The molecule has 0 saturated heterocycles. The number of benzene rings is 2. The second-order valence-electron chi connectivity index (χ2n) is 4.77. The van der Waals surface area contributed by atoms with Gasteiger partial charge in [-0.1, -0.05) is 49.9 Å². The summed E-state index contributed by atoms with van der Waals surface area (Å²) in [5, 5.41) is 12.0. The second-order valence-corrected chi connectivity index (χ2v) is 4.77. The molecular weight excluding hydrogens is 236 g/mol. The predicted molar refractivity (Wildman–Crippen MR) is 79.5 cm³/mol. The van der Waals surface area contributed by atoms with Gasteiger partial charge >= 0.3 is 0 Å². The largest absolute Gasteiger partial charge is 0.488 e. The lowest BCUT2D eigenvalue weighted by molar-refractivity contribution is 0.193. The molecule has 1 atom stereocenters. The molecule has 1 N–H and O–H groups in total. The molecule has 2 rings (SSSR count). The summed E-state index contributed by atoms with van der Waals surface area (Å²) in [5.74, 6) is 0.766. The highest BCUT2D eigenvalue weighted by molar-refractivity contribution is 5.89. The molecule has 19 heavy (non-hydrogen) atoms. The topological polar surface area (TPSA) is 29.5 Å². The Morgan fingerprint density at radius 1 is 1.26 bits per heavy atom. The molecule has 0 aliphatic heterocycles. The lowest BCUT2D eigenvalue weighted by atomic mass is 10.0. The Hall–Kier alpha value is -1.80. The number of aliphatic hydroxyl groups excluding tert-OH is 1. The molecule has 0 saturated carbocycles. The van der Waals surface area contributed by atoms with Crippen molar-refractivity contribution in [1.82, 2.24) is 0 Å². The van der Waals surface area contributed by atoms with Crippen LogP contribution in [0.5, 0.6) is 5.75 Å². The fourth-order valence-corrected chi connectivity index (χ4v) is 2.03. The maximum Gasteiger partial charge on any atom is 0.133 e. The first kappa shape index (κ1) is 13.6. The monoisotopic (exact) mass is 256 g/mol. The molecule has 100 valence electrons. The molecule has 0 aliphatic rings. The van der Waals surface area contributed by atoms with E-state index in [2.05, 4.69) is 13.5 Å². The van der Waals surface area contributed by atoms with Gasteiger partial charge in [0, 0.05) is 10.9 Å². The molecule has 0 amide bonds. The van der Waals surface area contributed by atoms with E-state index in [1.54, 1.807) is 6.92 Å². The van der Waals surface area contributed by atoms with Crippen molar-refractivity contribution in [2.45, 2.75) is 26.4 Å². The lowest BCUT2D eigenvalue weighted by Gasteiger charge is -2.16. The molecule has 0 radical (unpaired) electrons. The minimum atomic E-state index is -0.547. The molecule has 0 bridgehead atoms. The van der Waals surface area contributed by atoms with Gasteiger partial charge in [0.15, 0.2) is 0 Å². The number of fused-ring (bicyclic) bond motifs is 1. The van der Waals surface area contributed by atoms with E-state index in [4.69, 9.17) is 4.74 Å². The molecule has 0 aromatic heterocycles. The smallest absolute Gasteiger partial charge is 0.133 e. The van der Waals surface area contributed by atoms with E-state index in [0.717, 1.165) is 34.1 Å². The second kappa shape index (κ2) is 5.89. The minimum Gasteiger partial charge on any atom is -0.488 e. The quantitative estimate of drug-likeness (QED) is 0.811. The van der Waals surface area contributed by atoms with Crippen molar-refractivity contribution in [2.75, 3.05) is 6.61 Å². The van der Waals surface area contributed by atoms with E-state index in [-0.39, 0.29) is 0 Å². The van der Waals surface area contributed by atoms with Gasteiger partial charge < -0.3 is 9.84 Å². The third-order valence-corrected chi connectivity index (χ3v) is 3.28. The molecule has 2 aromatic rings. The van der Waals surface area contributed by atoms with Crippen molar-refractivity contribution in [3.8, 4) is 5.75 Å². The van der Waals surface area contributed by atoms with Crippen molar-refractivity contribution < 1.29 is 9.84 Å². The molecule has 2 heteroatoms. The molecule has 1 unspecified atom stereocenters. The van der Waals surface area contributed by atoms with Crippen LogP contribution in [0, 0.1) is 0 Å². The van der Waals surface area contributed by atoms with E-state index in [9.17, 15) is 5.11 Å². The molecule has 0 spiro atoms. The van der Waals surface area contributed by atoms with Gasteiger partial charge in [0.1, 0.15) is 12.4 Å². The summed E-state index contributed by atoms with van der Waals surface area (Å²) >= 11 is 0. The Bertz CT molecular complexity index is 585. The van der Waals surface area contributed by atoms with Crippen LogP contribution < -0.4 is 4.74 Å². The van der Waals surface area contributed by atoms with E-state index < -0.39 is 6.10 Å². The summed E-state index contributed by atoms with van der Waals surface area (Å²) in [6, 6.07) is 12.0. The Balaban J connectivity index is 2.46. The van der Waals surface area contributed by atoms with Crippen LogP contribution in [-0.4, -0.2) is 11.7 Å². The van der Waals surface area contributed by atoms with Crippen molar-refractivity contribution >= 4 is 10.8 Å². The van der Waals surface area contributed by atoms with Crippen LogP contribution in [-0.2, 0) is 0 Å². The molecule has 0 heterocycles. The highest BCUT2D eigenvalue weighted by Gasteiger charge is 2.13. The average molecular weight is 256 g/mol. The number of ether oxygens (including phenoxy) is 1. The average Bonchev–Trinajstić information content (AvgIpc) is 2.43. The first-order valence-electron chi connectivity index (χ1n) is 6.62. The van der Waals surface area contributed by atoms with Crippen LogP contribution in [0.3, 0.4) is 0 Å². The molecule has 2 aromatic carbocycles. The van der Waals surface area contributed by atoms with Crippen LogP contribution in [0.4, 0.5) is 0 Å². The van der Waals surface area contributed by atoms with E-state index in [0.29, 0.717) is 6.61 Å². The minimum absolute atomic E-state index is 0.490. The number of aliphatic hydroxyl groups is 1. The first-order valence-corrected chi connectivity index (χ1v) is 6.62. The van der Waals surface area contributed by atoms with Gasteiger partial charge in [0.2, 0.25) is 0 Å². The van der Waals surface area contributed by atoms with Gasteiger partial charge in [-0.2, -0.15) is 0 Å². The summed E-state index contributed by atoms with van der Waals surface area (Å²) in [6.07, 6.45) is 0.351. The number of rotatable bonds is 5. The van der Waals surface area contributed by atoms with Crippen molar-refractivity contribution in [3.05, 3.63) is 54.1 Å². The van der Waals surface area contributed by atoms with E-state index in [1.807, 2.05) is 36.4 Å². The number of hydrogen-bond acceptors (Lipinski definition) is 2. The SMILES string of the molecule is C=C(CC)COc1c(C(C)O)ccc2ccccc12. The Morgan fingerprint density at radius 3 is 2.68 bits per heavy atom. The standard InChI is InChI=1S/C17H20O2/c1-4-12(2)11-19-17-15(13(3)18)10-9-14-7-5-6-8-16(14)17/h5-10,13,18H,2,4,11H2,1,3H3. The lowest BCUT2D eigenvalue weighted by Crippen LogP contribution is -2.04. The molecular formula is C17H20O2. The van der Waals surface area contributed by atoms with Gasteiger partial charge in [-0.25, -0.2) is 0 Å². The van der Waals surface area contributed by atoms with Crippen LogP contribution >= 0.6 is 0 Å². The van der Waals surface area contributed by atoms with Gasteiger partial charge in [-0.05, 0) is 24.3 Å². The van der Waals surface area contributed by atoms with Gasteiger partial charge in [-0.3, -0.25) is 0 Å². The maximum atomic E-state index is 9.88. The summed E-state index contributed by atoms with van der Waals surface area (Å²) in [4.78, 5) is 0. The van der Waals surface area contributed by atoms with Crippen LogP contribution in [0.2, 0.25) is 0 Å². The first-order chi connectivity index (χ1) is 9.13. The Labute approximate surface area is 114 Å². The van der Waals surface area contributed by atoms with E-state index in [1.165, 1.54) is 0 Å². The zero-order chi connectivity index (χ0) is 13.8. The van der Waals surface area contributed by atoms with Gasteiger partial charge in [0.25, 0.3) is 0 Å². The maximum absolute atomic E-state index is 9.88. The zero-order valence-corrected chi connectivity index (χ0v) is 11.5. The van der Waals surface area contributed by atoms with Crippen molar-refractivity contribution in [3.63, 3.8) is 0 Å². The molecule has 2 nitrogen and oxygen atoms in total. The Morgan fingerprint density at radius 2 is 2.00 bits per heavy atom. The number of hydrogen-bond donors (Lipinski definition) is 1. The van der Waals surface area contributed by atoms with Gasteiger partial charge in [0.05, 0.1) is 6.10 Å². The zero-order valence-electron chi connectivity index (χ0n) is 11.5. The summed E-state index contributed by atoms with van der Waals surface area (Å²) in [6.45, 7) is 8.26. The van der Waals surface area contributed by atoms with Crippen molar-refractivity contribution in [2.24, 2.45) is 0 Å². The fraction of sp³-hybridized carbons (Fsp3) is 0.294. The van der Waals surface area contributed by atoms with Crippen molar-refractivity contribution in [1.29, 1.82) is 0 Å². The molecule has 0 fully saturated rings. The summed E-state index contributed by atoms with van der Waals surface area (Å²) in [5.41, 5.74) is 1.87.